The topological polar surface area (TPSA) is 145 Å². The lowest BCUT2D eigenvalue weighted by Crippen LogP contribution is -2.42. The number of carbonyl (C=O) groups excluding carboxylic acids is 3. The minimum absolute atomic E-state index is 0.0185. The number of likely N-dealkylation sites (tertiary alicyclic amines) is 1. The number of carbonyl (C=O) groups is 3. The van der Waals surface area contributed by atoms with Crippen molar-refractivity contribution in [3.05, 3.63) is 73.1 Å². The number of ether oxygens (including phenoxy) is 1. The van der Waals surface area contributed by atoms with E-state index in [9.17, 15) is 14.4 Å². The number of nitrogens with zero attached hydrogens (tertiary/aromatic N) is 5. The third-order valence-electron chi connectivity index (χ3n) is 8.87. The van der Waals surface area contributed by atoms with Gasteiger partial charge in [0, 0.05) is 50.0 Å². The van der Waals surface area contributed by atoms with Crippen LogP contribution in [0.15, 0.2) is 67.5 Å². The summed E-state index contributed by atoms with van der Waals surface area (Å²) >= 11 is 0. The Labute approximate surface area is 294 Å². The van der Waals surface area contributed by atoms with Gasteiger partial charge >= 0.3 is 0 Å². The van der Waals surface area contributed by atoms with Gasteiger partial charge in [0.1, 0.15) is 35.1 Å². The lowest BCUT2D eigenvalue weighted by molar-refractivity contribution is -0.123. The van der Waals surface area contributed by atoms with E-state index in [-0.39, 0.29) is 29.6 Å². The van der Waals surface area contributed by atoms with Gasteiger partial charge < -0.3 is 15.8 Å². The first-order valence-electron chi connectivity index (χ1n) is 17.5. The van der Waals surface area contributed by atoms with E-state index in [1.165, 1.54) is 12.4 Å². The molecule has 1 fully saturated rings. The summed E-state index contributed by atoms with van der Waals surface area (Å²) < 4.78 is 8.09. The summed E-state index contributed by atoms with van der Waals surface area (Å²) in [6.07, 6.45) is 8.34. The zero-order valence-electron chi connectivity index (χ0n) is 29.5. The van der Waals surface area contributed by atoms with Crippen molar-refractivity contribution in [1.82, 2.24) is 30.0 Å². The van der Waals surface area contributed by atoms with Crippen LogP contribution < -0.4 is 15.8 Å². The van der Waals surface area contributed by atoms with E-state index in [0.717, 1.165) is 50.8 Å². The van der Waals surface area contributed by atoms with Crippen LogP contribution in [0.5, 0.6) is 11.5 Å². The van der Waals surface area contributed by atoms with E-state index in [2.05, 4.69) is 47.5 Å². The van der Waals surface area contributed by atoms with Crippen molar-refractivity contribution in [2.45, 2.75) is 78.2 Å². The SMILES string of the molecule is C=CC(=O)Cc1cc(-c2nn(C3CCN(CC(=O)NCCCCCC(=O)CC(C)(C)C)CC3)c3ncnc(N)c23)ccc1Oc1ccccc1. The fourth-order valence-corrected chi connectivity index (χ4v) is 6.40. The van der Waals surface area contributed by atoms with Crippen molar-refractivity contribution in [3.8, 4) is 22.8 Å². The number of unbranched alkanes of at least 4 members (excludes halogenated alkanes) is 2. The van der Waals surface area contributed by atoms with Crippen molar-refractivity contribution < 1.29 is 19.1 Å². The molecule has 0 saturated carbocycles. The molecule has 1 saturated heterocycles. The molecule has 5 rings (SSSR count). The van der Waals surface area contributed by atoms with Gasteiger partial charge in [0.05, 0.1) is 18.0 Å². The Morgan fingerprint density at radius 2 is 1.80 bits per heavy atom. The van der Waals surface area contributed by atoms with Crippen LogP contribution in [0.4, 0.5) is 5.82 Å². The first kappa shape index (κ1) is 36.4. The molecule has 3 heterocycles. The number of para-hydroxylation sites is 1. The van der Waals surface area contributed by atoms with E-state index in [0.29, 0.717) is 71.3 Å². The summed E-state index contributed by atoms with van der Waals surface area (Å²) in [6, 6.07) is 15.1. The number of allylic oxidation sites excluding steroid dienone is 1. The van der Waals surface area contributed by atoms with E-state index >= 15 is 0 Å². The highest BCUT2D eigenvalue weighted by atomic mass is 16.5. The third kappa shape index (κ3) is 9.84. The van der Waals surface area contributed by atoms with E-state index in [4.69, 9.17) is 15.6 Å². The second-order valence-electron chi connectivity index (χ2n) is 14.3. The number of nitrogen functional groups attached to an aromatic ring is 1. The minimum Gasteiger partial charge on any atom is -0.457 e. The number of benzene rings is 2. The molecule has 4 aromatic rings. The number of nitrogens with two attached hydrogens (primary N) is 1. The number of piperidine rings is 1. The maximum Gasteiger partial charge on any atom is 0.234 e. The largest absolute Gasteiger partial charge is 0.457 e. The number of aromatic nitrogens is 4. The van der Waals surface area contributed by atoms with E-state index < -0.39 is 0 Å². The second kappa shape index (κ2) is 16.7. The lowest BCUT2D eigenvalue weighted by atomic mass is 9.88. The van der Waals surface area contributed by atoms with E-state index in [1.807, 2.05) is 53.2 Å². The predicted octanol–water partition coefficient (Wildman–Crippen LogP) is 6.48. The van der Waals surface area contributed by atoms with Crippen LogP contribution in [0.1, 0.15) is 77.3 Å². The number of rotatable bonds is 16. The Morgan fingerprint density at radius 1 is 1.04 bits per heavy atom. The van der Waals surface area contributed by atoms with Gasteiger partial charge in [-0.05, 0) is 67.5 Å². The van der Waals surface area contributed by atoms with Crippen molar-refractivity contribution in [2.75, 3.05) is 31.9 Å². The number of fused-ring (bicyclic) bond motifs is 1. The van der Waals surface area contributed by atoms with E-state index in [1.54, 1.807) is 0 Å². The Balaban J connectivity index is 1.21. The molecule has 50 heavy (non-hydrogen) atoms. The van der Waals surface area contributed by atoms with Gasteiger partial charge in [0.25, 0.3) is 0 Å². The van der Waals surface area contributed by atoms with Crippen LogP contribution >= 0.6 is 0 Å². The molecule has 11 heteroatoms. The Hall–Kier alpha value is -4.90. The summed E-state index contributed by atoms with van der Waals surface area (Å²) in [7, 11) is 0. The Kier molecular flexibility index (Phi) is 12.1. The average Bonchev–Trinajstić information content (AvgIpc) is 3.48. The molecule has 3 N–H and O–H groups in total. The van der Waals surface area contributed by atoms with Crippen molar-refractivity contribution in [1.29, 1.82) is 0 Å². The summed E-state index contributed by atoms with van der Waals surface area (Å²) in [5, 5.41) is 8.74. The molecule has 0 spiro atoms. The Morgan fingerprint density at radius 3 is 2.52 bits per heavy atom. The lowest BCUT2D eigenvalue weighted by Gasteiger charge is -2.31. The molecule has 1 amide bonds. The first-order chi connectivity index (χ1) is 24.0. The summed E-state index contributed by atoms with van der Waals surface area (Å²) in [5.74, 6) is 1.77. The van der Waals surface area contributed by atoms with Gasteiger partial charge in [-0.25, -0.2) is 14.6 Å². The van der Waals surface area contributed by atoms with Crippen LogP contribution in [-0.2, 0) is 20.8 Å². The molecule has 0 atom stereocenters. The zero-order chi connectivity index (χ0) is 35.7. The molecule has 0 unspecified atom stereocenters. The monoisotopic (exact) mass is 679 g/mol. The normalized spacial score (nSPS) is 14.1. The number of anilines is 1. The maximum absolute atomic E-state index is 12.7. The Bertz CT molecular complexity index is 1800. The average molecular weight is 680 g/mol. The van der Waals surface area contributed by atoms with Crippen LogP contribution in [0.3, 0.4) is 0 Å². The van der Waals surface area contributed by atoms with Crippen molar-refractivity contribution in [3.63, 3.8) is 0 Å². The predicted molar refractivity (Wildman–Crippen MR) is 196 cm³/mol. The number of nitrogens with one attached hydrogen (secondary N) is 1. The summed E-state index contributed by atoms with van der Waals surface area (Å²) in [6.45, 7) is 12.3. The smallest absolute Gasteiger partial charge is 0.234 e. The quantitative estimate of drug-likeness (QED) is 0.100. The molecule has 0 aliphatic carbocycles. The highest BCUT2D eigenvalue weighted by Crippen LogP contribution is 2.37. The highest BCUT2D eigenvalue weighted by Gasteiger charge is 2.27. The highest BCUT2D eigenvalue weighted by molar-refractivity contribution is 5.99. The van der Waals surface area contributed by atoms with Crippen LogP contribution in [0.2, 0.25) is 0 Å². The van der Waals surface area contributed by atoms with Crippen LogP contribution in [-0.4, -0.2) is 68.3 Å². The molecule has 264 valence electrons. The molecular weight excluding hydrogens is 630 g/mol. The fraction of sp³-hybridized carbons (Fsp3) is 0.436. The van der Waals surface area contributed by atoms with Crippen molar-refractivity contribution >= 4 is 34.3 Å². The van der Waals surface area contributed by atoms with Gasteiger partial charge in [-0.1, -0.05) is 52.0 Å². The van der Waals surface area contributed by atoms with Crippen molar-refractivity contribution in [2.24, 2.45) is 5.41 Å². The zero-order valence-corrected chi connectivity index (χ0v) is 29.5. The second-order valence-corrected chi connectivity index (χ2v) is 14.3. The minimum atomic E-state index is -0.126. The fourth-order valence-electron chi connectivity index (χ4n) is 6.40. The number of Topliss-reactive ketones (excluding diaryl/α,β-unsaturated/α-hetero) is 1. The molecule has 0 radical (unpaired) electrons. The summed E-state index contributed by atoms with van der Waals surface area (Å²) in [5.41, 5.74) is 9.21. The molecule has 1 aliphatic heterocycles. The molecule has 1 aliphatic rings. The molecule has 11 nitrogen and oxygen atoms in total. The molecular formula is C39H49N7O4. The number of hydrogen-bond acceptors (Lipinski definition) is 9. The summed E-state index contributed by atoms with van der Waals surface area (Å²) in [4.78, 5) is 48.3. The third-order valence-corrected chi connectivity index (χ3v) is 8.87. The number of hydrogen-bond donors (Lipinski definition) is 2. The standard InChI is InChI=1S/C39H49N7O4/c1-5-30(47)23-28-22-27(15-16-33(28)50-32-13-9-6-10-14-32)36-35-37(40)42-26-43-38(35)46(44-36)29-17-20-45(21-18-29)25-34(49)41-19-11-7-8-12-31(48)24-39(2,3)4/h5-6,9-10,13-16,22,26,29H,1,7-8,11-12,17-21,23-25H2,2-4H3,(H,41,49)(H2,40,42,43). The van der Waals surface area contributed by atoms with Gasteiger partial charge in [0.2, 0.25) is 5.91 Å². The molecule has 2 aromatic heterocycles. The van der Waals surface area contributed by atoms with Crippen LogP contribution in [0.25, 0.3) is 22.3 Å². The van der Waals surface area contributed by atoms with Crippen LogP contribution in [0, 0.1) is 5.41 Å². The van der Waals surface area contributed by atoms with Gasteiger partial charge in [-0.3, -0.25) is 19.3 Å². The number of amides is 1. The van der Waals surface area contributed by atoms with Gasteiger partial charge in [0.15, 0.2) is 11.4 Å². The van der Waals surface area contributed by atoms with Gasteiger partial charge in [-0.2, -0.15) is 5.10 Å². The maximum atomic E-state index is 12.7. The first-order valence-corrected chi connectivity index (χ1v) is 17.5. The molecule has 0 bridgehead atoms. The van der Waals surface area contributed by atoms with Gasteiger partial charge in [-0.15, -0.1) is 0 Å². The number of ketones is 2. The molecule has 2 aromatic carbocycles.